The molecule has 84 valence electrons. The summed E-state index contributed by atoms with van der Waals surface area (Å²) in [6.07, 6.45) is 5.58. The van der Waals surface area contributed by atoms with Gasteiger partial charge in [0.1, 0.15) is 0 Å². The van der Waals surface area contributed by atoms with Crippen LogP contribution in [0.3, 0.4) is 0 Å². The summed E-state index contributed by atoms with van der Waals surface area (Å²) in [5.74, 6) is 1.000. The minimum absolute atomic E-state index is 0.503. The SMILES string of the molecule is CCCC1CCN(CCC(C)(C)C)C1. The van der Waals surface area contributed by atoms with Gasteiger partial charge in [0.2, 0.25) is 0 Å². The average molecular weight is 197 g/mol. The van der Waals surface area contributed by atoms with E-state index in [1.54, 1.807) is 0 Å². The Morgan fingerprint density at radius 2 is 2.00 bits per heavy atom. The molecule has 0 aliphatic carbocycles. The highest BCUT2D eigenvalue weighted by Crippen LogP contribution is 2.24. The Morgan fingerprint density at radius 3 is 2.57 bits per heavy atom. The Balaban J connectivity index is 2.16. The van der Waals surface area contributed by atoms with Crippen molar-refractivity contribution in [3.05, 3.63) is 0 Å². The zero-order valence-electron chi connectivity index (χ0n) is 10.5. The highest BCUT2D eigenvalue weighted by molar-refractivity contribution is 4.76. The van der Waals surface area contributed by atoms with Crippen LogP contribution in [-0.2, 0) is 0 Å². The molecule has 1 nitrogen and oxygen atoms in total. The van der Waals surface area contributed by atoms with Gasteiger partial charge < -0.3 is 4.90 Å². The average Bonchev–Trinajstić information content (AvgIpc) is 2.49. The summed E-state index contributed by atoms with van der Waals surface area (Å²) in [6, 6.07) is 0. The summed E-state index contributed by atoms with van der Waals surface area (Å²) in [5.41, 5.74) is 0.503. The quantitative estimate of drug-likeness (QED) is 0.666. The lowest BCUT2D eigenvalue weighted by molar-refractivity contribution is 0.257. The number of hydrogen-bond acceptors (Lipinski definition) is 1. The second-order valence-electron chi connectivity index (χ2n) is 6.05. The summed E-state index contributed by atoms with van der Waals surface area (Å²) in [7, 11) is 0. The maximum absolute atomic E-state index is 2.66. The normalized spacial score (nSPS) is 24.4. The molecule has 1 atom stereocenters. The van der Waals surface area contributed by atoms with Crippen molar-refractivity contribution < 1.29 is 0 Å². The van der Waals surface area contributed by atoms with Crippen LogP contribution in [0.2, 0.25) is 0 Å². The highest BCUT2D eigenvalue weighted by atomic mass is 15.1. The van der Waals surface area contributed by atoms with Gasteiger partial charge in [0.15, 0.2) is 0 Å². The van der Waals surface area contributed by atoms with Crippen LogP contribution in [0.25, 0.3) is 0 Å². The molecule has 0 radical (unpaired) electrons. The second kappa shape index (κ2) is 5.16. The first-order valence-electron chi connectivity index (χ1n) is 6.23. The summed E-state index contributed by atoms with van der Waals surface area (Å²) in [6.45, 7) is 13.3. The molecule has 1 fully saturated rings. The zero-order valence-corrected chi connectivity index (χ0v) is 10.5. The lowest BCUT2D eigenvalue weighted by atomic mass is 9.92. The third kappa shape index (κ3) is 4.45. The van der Waals surface area contributed by atoms with Gasteiger partial charge >= 0.3 is 0 Å². The molecule has 14 heavy (non-hydrogen) atoms. The molecule has 0 aromatic heterocycles. The summed E-state index contributed by atoms with van der Waals surface area (Å²) in [4.78, 5) is 2.66. The topological polar surface area (TPSA) is 3.24 Å². The van der Waals surface area contributed by atoms with E-state index in [4.69, 9.17) is 0 Å². The van der Waals surface area contributed by atoms with E-state index in [9.17, 15) is 0 Å². The third-order valence-electron chi connectivity index (χ3n) is 3.24. The fourth-order valence-corrected chi connectivity index (χ4v) is 2.25. The minimum Gasteiger partial charge on any atom is -0.303 e. The van der Waals surface area contributed by atoms with Gasteiger partial charge in [0, 0.05) is 6.54 Å². The largest absolute Gasteiger partial charge is 0.303 e. The molecular weight excluding hydrogens is 170 g/mol. The van der Waals surface area contributed by atoms with Crippen LogP contribution in [0.15, 0.2) is 0 Å². The zero-order chi connectivity index (χ0) is 10.6. The van der Waals surface area contributed by atoms with Crippen molar-refractivity contribution in [3.63, 3.8) is 0 Å². The van der Waals surface area contributed by atoms with E-state index in [1.165, 1.54) is 45.3 Å². The van der Waals surface area contributed by atoms with Gasteiger partial charge in [0.05, 0.1) is 0 Å². The predicted octanol–water partition coefficient (Wildman–Crippen LogP) is 3.54. The van der Waals surface area contributed by atoms with E-state index in [2.05, 4.69) is 32.6 Å². The summed E-state index contributed by atoms with van der Waals surface area (Å²) in [5, 5.41) is 0. The first-order chi connectivity index (χ1) is 6.51. The van der Waals surface area contributed by atoms with E-state index < -0.39 is 0 Å². The number of nitrogens with zero attached hydrogens (tertiary/aromatic N) is 1. The maximum atomic E-state index is 2.66. The molecule has 0 spiro atoms. The second-order valence-corrected chi connectivity index (χ2v) is 6.05. The van der Waals surface area contributed by atoms with Crippen molar-refractivity contribution in [3.8, 4) is 0 Å². The van der Waals surface area contributed by atoms with Crippen molar-refractivity contribution in [2.24, 2.45) is 11.3 Å². The van der Waals surface area contributed by atoms with Gasteiger partial charge in [-0.1, -0.05) is 34.1 Å². The summed E-state index contributed by atoms with van der Waals surface area (Å²) >= 11 is 0. The highest BCUT2D eigenvalue weighted by Gasteiger charge is 2.22. The third-order valence-corrected chi connectivity index (χ3v) is 3.24. The van der Waals surface area contributed by atoms with Crippen LogP contribution in [0.5, 0.6) is 0 Å². The first kappa shape index (κ1) is 12.0. The molecule has 0 N–H and O–H groups in total. The Kier molecular flexibility index (Phi) is 4.43. The van der Waals surface area contributed by atoms with Gasteiger partial charge in [-0.25, -0.2) is 0 Å². The molecule has 1 rings (SSSR count). The maximum Gasteiger partial charge on any atom is 0.00101 e. The van der Waals surface area contributed by atoms with Gasteiger partial charge in [-0.15, -0.1) is 0 Å². The molecular formula is C13H27N. The minimum atomic E-state index is 0.503. The van der Waals surface area contributed by atoms with E-state index in [1.807, 2.05) is 0 Å². The van der Waals surface area contributed by atoms with Crippen molar-refractivity contribution in [1.29, 1.82) is 0 Å². The molecule has 0 aromatic rings. The molecule has 1 aliphatic heterocycles. The van der Waals surface area contributed by atoms with Gasteiger partial charge in [0.25, 0.3) is 0 Å². The molecule has 0 saturated carbocycles. The van der Waals surface area contributed by atoms with E-state index in [-0.39, 0.29) is 0 Å². The molecule has 1 heteroatoms. The van der Waals surface area contributed by atoms with Crippen LogP contribution in [0.1, 0.15) is 53.4 Å². The molecule has 0 bridgehead atoms. The van der Waals surface area contributed by atoms with Crippen LogP contribution in [0.4, 0.5) is 0 Å². The van der Waals surface area contributed by atoms with E-state index in [0.717, 1.165) is 5.92 Å². The van der Waals surface area contributed by atoms with E-state index >= 15 is 0 Å². The van der Waals surface area contributed by atoms with Gasteiger partial charge in [-0.05, 0) is 43.7 Å². The fourth-order valence-electron chi connectivity index (χ4n) is 2.25. The molecule has 0 aromatic carbocycles. The first-order valence-corrected chi connectivity index (χ1v) is 6.23. The van der Waals surface area contributed by atoms with Crippen molar-refractivity contribution in [2.45, 2.75) is 53.4 Å². The standard InChI is InChI=1S/C13H27N/c1-5-6-12-7-9-14(11-12)10-8-13(2,3)4/h12H,5-11H2,1-4H3. The molecule has 0 amide bonds. The number of likely N-dealkylation sites (tertiary alicyclic amines) is 1. The monoisotopic (exact) mass is 197 g/mol. The van der Waals surface area contributed by atoms with E-state index in [0.29, 0.717) is 5.41 Å². The molecule has 1 aliphatic rings. The lowest BCUT2D eigenvalue weighted by Gasteiger charge is -2.23. The predicted molar refractivity (Wildman–Crippen MR) is 63.5 cm³/mol. The number of hydrogen-bond donors (Lipinski definition) is 0. The summed E-state index contributed by atoms with van der Waals surface area (Å²) < 4.78 is 0. The fraction of sp³-hybridized carbons (Fsp3) is 1.00. The van der Waals surface area contributed by atoms with Gasteiger partial charge in [-0.2, -0.15) is 0 Å². The Morgan fingerprint density at radius 1 is 1.29 bits per heavy atom. The molecule has 1 heterocycles. The Hall–Kier alpha value is -0.0400. The van der Waals surface area contributed by atoms with Crippen LogP contribution < -0.4 is 0 Å². The van der Waals surface area contributed by atoms with Crippen LogP contribution >= 0.6 is 0 Å². The van der Waals surface area contributed by atoms with Gasteiger partial charge in [-0.3, -0.25) is 0 Å². The molecule has 1 saturated heterocycles. The van der Waals surface area contributed by atoms with Crippen molar-refractivity contribution in [2.75, 3.05) is 19.6 Å². The lowest BCUT2D eigenvalue weighted by Crippen LogP contribution is -2.25. The number of rotatable bonds is 4. The van der Waals surface area contributed by atoms with Crippen molar-refractivity contribution >= 4 is 0 Å². The van der Waals surface area contributed by atoms with Crippen LogP contribution in [0, 0.1) is 11.3 Å². The van der Waals surface area contributed by atoms with Crippen molar-refractivity contribution in [1.82, 2.24) is 4.90 Å². The Bertz CT molecular complexity index is 157. The Labute approximate surface area is 89.9 Å². The van der Waals surface area contributed by atoms with Crippen LogP contribution in [-0.4, -0.2) is 24.5 Å². The molecule has 1 unspecified atom stereocenters. The smallest absolute Gasteiger partial charge is 0.00101 e.